The van der Waals surface area contributed by atoms with Crippen molar-refractivity contribution >= 4 is 20.0 Å². The molecule has 0 aliphatic carbocycles. The molecule has 0 aliphatic heterocycles. The van der Waals surface area contributed by atoms with Crippen molar-refractivity contribution in [2.45, 2.75) is 36.2 Å². The van der Waals surface area contributed by atoms with E-state index in [1.54, 1.807) is 13.8 Å². The smallest absolute Gasteiger partial charge is 0.240 e. The van der Waals surface area contributed by atoms with E-state index in [0.29, 0.717) is 6.61 Å². The molecular formula is C12H20N2O5S2. The quantitative estimate of drug-likeness (QED) is 0.749. The number of sulfonamides is 2. The van der Waals surface area contributed by atoms with Crippen LogP contribution < -0.4 is 9.86 Å². The van der Waals surface area contributed by atoms with Crippen LogP contribution in [0.15, 0.2) is 34.1 Å². The molecule has 0 aromatic heterocycles. The molecule has 0 amide bonds. The Morgan fingerprint density at radius 2 is 1.76 bits per heavy atom. The third-order valence-corrected chi connectivity index (χ3v) is 4.98. The molecule has 0 heterocycles. The van der Waals surface area contributed by atoms with E-state index in [4.69, 9.17) is 9.88 Å². The van der Waals surface area contributed by atoms with Gasteiger partial charge in [-0.1, -0.05) is 6.07 Å². The number of benzene rings is 1. The van der Waals surface area contributed by atoms with Crippen LogP contribution in [0.3, 0.4) is 0 Å². The lowest BCUT2D eigenvalue weighted by molar-refractivity contribution is -0.00515. The summed E-state index contributed by atoms with van der Waals surface area (Å²) in [5, 5.41) is 4.99. The summed E-state index contributed by atoms with van der Waals surface area (Å²) < 4.78 is 54.6. The van der Waals surface area contributed by atoms with Crippen LogP contribution in [0.4, 0.5) is 0 Å². The van der Waals surface area contributed by atoms with Gasteiger partial charge in [-0.3, -0.25) is 0 Å². The Kier molecular flexibility index (Phi) is 5.51. The van der Waals surface area contributed by atoms with Gasteiger partial charge in [0.1, 0.15) is 0 Å². The van der Waals surface area contributed by atoms with Crippen molar-refractivity contribution in [2.75, 3.05) is 13.2 Å². The summed E-state index contributed by atoms with van der Waals surface area (Å²) in [5.74, 6) is 0. The summed E-state index contributed by atoms with van der Waals surface area (Å²) in [6.45, 7) is 5.82. The molecule has 1 aromatic rings. The Morgan fingerprint density at radius 1 is 1.19 bits per heavy atom. The molecule has 9 heteroatoms. The first-order chi connectivity index (χ1) is 9.48. The Bertz CT molecular complexity index is 696. The summed E-state index contributed by atoms with van der Waals surface area (Å²) in [4.78, 5) is -0.421. The summed E-state index contributed by atoms with van der Waals surface area (Å²) in [6.07, 6.45) is 0. The molecule has 0 unspecified atom stereocenters. The van der Waals surface area contributed by atoms with Crippen molar-refractivity contribution in [2.24, 2.45) is 5.14 Å². The molecule has 3 N–H and O–H groups in total. The van der Waals surface area contributed by atoms with Gasteiger partial charge in [0.15, 0.2) is 0 Å². The molecule has 0 saturated carbocycles. The number of nitrogens with one attached hydrogen (secondary N) is 1. The zero-order valence-electron chi connectivity index (χ0n) is 12.2. The van der Waals surface area contributed by atoms with Gasteiger partial charge in [0.2, 0.25) is 20.0 Å². The maximum absolute atomic E-state index is 12.2. The largest absolute Gasteiger partial charge is 0.375 e. The average Bonchev–Trinajstić information content (AvgIpc) is 2.36. The van der Waals surface area contributed by atoms with Crippen molar-refractivity contribution in [1.29, 1.82) is 0 Å². The van der Waals surface area contributed by atoms with Crippen LogP contribution >= 0.6 is 0 Å². The third kappa shape index (κ3) is 5.36. The third-order valence-electron chi connectivity index (χ3n) is 2.67. The van der Waals surface area contributed by atoms with Crippen molar-refractivity contribution in [3.8, 4) is 0 Å². The van der Waals surface area contributed by atoms with Crippen LogP contribution in [-0.4, -0.2) is 35.6 Å². The molecule has 21 heavy (non-hydrogen) atoms. The second kappa shape index (κ2) is 6.41. The molecule has 0 spiro atoms. The number of primary sulfonamides is 1. The second-order valence-electron chi connectivity index (χ2n) is 5.04. The Hall–Kier alpha value is -1.00. The molecule has 0 atom stereocenters. The Morgan fingerprint density at radius 3 is 2.29 bits per heavy atom. The summed E-state index contributed by atoms with van der Waals surface area (Å²) >= 11 is 0. The first kappa shape index (κ1) is 18.1. The number of nitrogens with two attached hydrogens (primary N) is 1. The van der Waals surface area contributed by atoms with E-state index in [1.165, 1.54) is 18.2 Å². The van der Waals surface area contributed by atoms with E-state index in [0.717, 1.165) is 6.07 Å². The van der Waals surface area contributed by atoms with Gasteiger partial charge in [0.05, 0.1) is 15.4 Å². The zero-order chi connectivity index (χ0) is 16.3. The topological polar surface area (TPSA) is 116 Å². The Labute approximate surface area is 125 Å². The lowest BCUT2D eigenvalue weighted by Crippen LogP contribution is -2.40. The van der Waals surface area contributed by atoms with E-state index < -0.39 is 25.6 Å². The van der Waals surface area contributed by atoms with Gasteiger partial charge in [-0.25, -0.2) is 26.7 Å². The van der Waals surface area contributed by atoms with Crippen molar-refractivity contribution in [1.82, 2.24) is 4.72 Å². The first-order valence-electron chi connectivity index (χ1n) is 6.24. The van der Waals surface area contributed by atoms with Gasteiger partial charge in [-0.05, 0) is 39.0 Å². The lowest BCUT2D eigenvalue weighted by atomic mass is 10.1. The van der Waals surface area contributed by atoms with Crippen LogP contribution in [0.5, 0.6) is 0 Å². The highest BCUT2D eigenvalue weighted by Crippen LogP contribution is 2.15. The highest BCUT2D eigenvalue weighted by molar-refractivity contribution is 7.90. The molecule has 0 fully saturated rings. The van der Waals surface area contributed by atoms with Crippen molar-refractivity contribution in [3.05, 3.63) is 24.3 Å². The van der Waals surface area contributed by atoms with Gasteiger partial charge in [0, 0.05) is 13.2 Å². The molecule has 7 nitrogen and oxygen atoms in total. The highest BCUT2D eigenvalue weighted by atomic mass is 32.2. The Balaban J connectivity index is 2.99. The lowest BCUT2D eigenvalue weighted by Gasteiger charge is -2.24. The molecule has 0 radical (unpaired) electrons. The standard InChI is InChI=1S/C12H20N2O5S2/c1-4-19-12(2,3)9-14-21(17,18)11-7-5-6-10(8-11)20(13,15)16/h5-8,14H,4,9H2,1-3H3,(H2,13,15,16). The van der Waals surface area contributed by atoms with Gasteiger partial charge >= 0.3 is 0 Å². The maximum Gasteiger partial charge on any atom is 0.240 e. The summed E-state index contributed by atoms with van der Waals surface area (Å²) in [6, 6.07) is 4.87. The monoisotopic (exact) mass is 336 g/mol. The van der Waals surface area contributed by atoms with Gasteiger partial charge < -0.3 is 4.74 Å². The normalized spacial score (nSPS) is 13.3. The van der Waals surface area contributed by atoms with Gasteiger partial charge in [-0.15, -0.1) is 0 Å². The van der Waals surface area contributed by atoms with Crippen molar-refractivity contribution in [3.63, 3.8) is 0 Å². The van der Waals surface area contributed by atoms with E-state index in [9.17, 15) is 16.8 Å². The minimum Gasteiger partial charge on any atom is -0.375 e. The van der Waals surface area contributed by atoms with Gasteiger partial charge in [0.25, 0.3) is 0 Å². The van der Waals surface area contributed by atoms with E-state index in [-0.39, 0.29) is 16.3 Å². The predicted molar refractivity (Wildman–Crippen MR) is 78.7 cm³/mol. The minimum absolute atomic E-state index is 0.0583. The maximum atomic E-state index is 12.2. The van der Waals surface area contributed by atoms with Crippen LogP contribution in [0.25, 0.3) is 0 Å². The van der Waals surface area contributed by atoms with E-state index in [2.05, 4.69) is 4.72 Å². The second-order valence-corrected chi connectivity index (χ2v) is 8.37. The fourth-order valence-corrected chi connectivity index (χ4v) is 3.49. The molecular weight excluding hydrogens is 316 g/mol. The fraction of sp³-hybridized carbons (Fsp3) is 0.500. The SMILES string of the molecule is CCOC(C)(C)CNS(=O)(=O)c1cccc(S(N)(=O)=O)c1. The van der Waals surface area contributed by atoms with Crippen LogP contribution in [0, 0.1) is 0 Å². The fourth-order valence-electron chi connectivity index (χ4n) is 1.61. The first-order valence-corrected chi connectivity index (χ1v) is 9.27. The van der Waals surface area contributed by atoms with Crippen molar-refractivity contribution < 1.29 is 21.6 Å². The molecule has 120 valence electrons. The molecule has 1 aromatic carbocycles. The van der Waals surface area contributed by atoms with Crippen LogP contribution in [0.2, 0.25) is 0 Å². The molecule has 0 saturated heterocycles. The number of hydrogen-bond donors (Lipinski definition) is 2. The van der Waals surface area contributed by atoms with Gasteiger partial charge in [-0.2, -0.15) is 0 Å². The minimum atomic E-state index is -3.95. The van der Waals surface area contributed by atoms with Crippen LogP contribution in [0.1, 0.15) is 20.8 Å². The van der Waals surface area contributed by atoms with E-state index in [1.807, 2.05) is 6.92 Å². The number of ether oxygens (including phenoxy) is 1. The number of hydrogen-bond acceptors (Lipinski definition) is 5. The molecule has 0 aliphatic rings. The summed E-state index contributed by atoms with van der Waals surface area (Å²) in [5.41, 5.74) is -0.667. The number of rotatable bonds is 7. The van der Waals surface area contributed by atoms with E-state index >= 15 is 0 Å². The predicted octanol–water partition coefficient (Wildman–Crippen LogP) is 0.427. The summed E-state index contributed by atoms with van der Waals surface area (Å²) in [7, 11) is -7.80. The zero-order valence-corrected chi connectivity index (χ0v) is 13.8. The average molecular weight is 336 g/mol. The highest BCUT2D eigenvalue weighted by Gasteiger charge is 2.23. The molecule has 0 bridgehead atoms. The van der Waals surface area contributed by atoms with Crippen LogP contribution in [-0.2, 0) is 24.8 Å². The molecule has 1 rings (SSSR count).